The molecule has 2 rings (SSSR count). The van der Waals surface area contributed by atoms with Crippen LogP contribution in [0, 0.1) is 5.82 Å². The zero-order valence-electron chi connectivity index (χ0n) is 10.2. The number of methoxy groups -OCH3 is 1. The first kappa shape index (κ1) is 13.5. The zero-order chi connectivity index (χ0) is 13.7. The molecule has 0 atom stereocenters. The lowest BCUT2D eigenvalue weighted by Gasteiger charge is -2.06. The molecule has 0 aliphatic rings. The smallest absolute Gasteiger partial charge is 0.322 e. The Morgan fingerprint density at radius 1 is 1.21 bits per heavy atom. The molecule has 0 bridgehead atoms. The van der Waals surface area contributed by atoms with Gasteiger partial charge in [-0.2, -0.15) is 15.0 Å². The Balaban J connectivity index is 1.92. The molecule has 1 aromatic heterocycles. The van der Waals surface area contributed by atoms with E-state index in [2.05, 4.69) is 20.3 Å². The number of rotatable bonds is 5. The average Bonchev–Trinajstić information content (AvgIpc) is 2.40. The van der Waals surface area contributed by atoms with Crippen molar-refractivity contribution in [2.75, 3.05) is 19.0 Å². The van der Waals surface area contributed by atoms with Crippen LogP contribution in [0.2, 0.25) is 5.28 Å². The van der Waals surface area contributed by atoms with E-state index in [1.54, 1.807) is 12.1 Å². The van der Waals surface area contributed by atoms with Gasteiger partial charge in [-0.3, -0.25) is 0 Å². The van der Waals surface area contributed by atoms with Crippen LogP contribution >= 0.6 is 11.6 Å². The maximum Gasteiger partial charge on any atom is 0.322 e. The van der Waals surface area contributed by atoms with E-state index in [0.29, 0.717) is 18.9 Å². The fourth-order valence-electron chi connectivity index (χ4n) is 1.47. The Hall–Kier alpha value is -1.95. The lowest BCUT2D eigenvalue weighted by molar-refractivity contribution is 0.379. The summed E-state index contributed by atoms with van der Waals surface area (Å²) in [7, 11) is 1.45. The molecule has 0 radical (unpaired) electrons. The number of anilines is 1. The van der Waals surface area contributed by atoms with Crippen LogP contribution in [0.1, 0.15) is 5.56 Å². The van der Waals surface area contributed by atoms with E-state index in [9.17, 15) is 4.39 Å². The highest BCUT2D eigenvalue weighted by Crippen LogP contribution is 2.11. The van der Waals surface area contributed by atoms with Gasteiger partial charge in [0.1, 0.15) is 5.82 Å². The maximum atomic E-state index is 12.7. The van der Waals surface area contributed by atoms with Gasteiger partial charge in [-0.15, -0.1) is 0 Å². The Morgan fingerprint density at radius 3 is 2.63 bits per heavy atom. The minimum Gasteiger partial charge on any atom is -0.467 e. The molecule has 0 saturated carbocycles. The Kier molecular flexibility index (Phi) is 4.46. The first-order valence-corrected chi connectivity index (χ1v) is 5.99. The van der Waals surface area contributed by atoms with Gasteiger partial charge in [-0.1, -0.05) is 12.1 Å². The monoisotopic (exact) mass is 282 g/mol. The normalized spacial score (nSPS) is 10.3. The van der Waals surface area contributed by atoms with Crippen molar-refractivity contribution in [3.05, 3.63) is 40.9 Å². The Labute approximate surface area is 114 Å². The highest BCUT2D eigenvalue weighted by Gasteiger charge is 2.04. The van der Waals surface area contributed by atoms with Crippen LogP contribution in [0.15, 0.2) is 24.3 Å². The zero-order valence-corrected chi connectivity index (χ0v) is 11.0. The molecule has 1 heterocycles. The van der Waals surface area contributed by atoms with E-state index in [1.807, 2.05) is 0 Å². The fraction of sp³-hybridized carbons (Fsp3) is 0.250. The molecule has 0 unspecified atom stereocenters. The van der Waals surface area contributed by atoms with E-state index in [1.165, 1.54) is 19.2 Å². The highest BCUT2D eigenvalue weighted by molar-refractivity contribution is 6.28. The number of hydrogen-bond acceptors (Lipinski definition) is 5. The summed E-state index contributed by atoms with van der Waals surface area (Å²) in [5.41, 5.74) is 1.01. The highest BCUT2D eigenvalue weighted by atomic mass is 35.5. The lowest BCUT2D eigenvalue weighted by Crippen LogP contribution is -2.09. The van der Waals surface area contributed by atoms with Gasteiger partial charge < -0.3 is 10.1 Å². The number of halogens is 2. The quantitative estimate of drug-likeness (QED) is 0.912. The molecular formula is C12H12ClFN4O. The molecule has 0 aliphatic carbocycles. The van der Waals surface area contributed by atoms with Crippen LogP contribution in [0.5, 0.6) is 6.01 Å². The summed E-state index contributed by atoms with van der Waals surface area (Å²) in [5, 5.41) is 3.07. The van der Waals surface area contributed by atoms with Crippen molar-refractivity contribution >= 4 is 17.5 Å². The topological polar surface area (TPSA) is 59.9 Å². The van der Waals surface area contributed by atoms with Crippen LogP contribution in [0.3, 0.4) is 0 Å². The summed E-state index contributed by atoms with van der Waals surface area (Å²) < 4.78 is 17.6. The Morgan fingerprint density at radius 2 is 1.95 bits per heavy atom. The third kappa shape index (κ3) is 4.03. The van der Waals surface area contributed by atoms with Gasteiger partial charge in [0, 0.05) is 6.54 Å². The molecule has 0 aliphatic heterocycles. The summed E-state index contributed by atoms with van der Waals surface area (Å²) >= 11 is 5.72. The van der Waals surface area contributed by atoms with Gasteiger partial charge >= 0.3 is 6.01 Å². The molecule has 1 N–H and O–H groups in total. The summed E-state index contributed by atoms with van der Waals surface area (Å²) in [6.07, 6.45) is 0.714. The van der Waals surface area contributed by atoms with E-state index < -0.39 is 0 Å². The second-order valence-electron chi connectivity index (χ2n) is 3.72. The van der Waals surface area contributed by atoms with Crippen LogP contribution in [0.4, 0.5) is 10.3 Å². The van der Waals surface area contributed by atoms with Crippen molar-refractivity contribution in [3.63, 3.8) is 0 Å². The van der Waals surface area contributed by atoms with E-state index in [0.717, 1.165) is 5.56 Å². The standard InChI is InChI=1S/C12H12ClFN4O/c1-19-12-17-10(13)16-11(18-12)15-7-6-8-2-4-9(14)5-3-8/h2-5H,6-7H2,1H3,(H,15,16,17,18). The van der Waals surface area contributed by atoms with Gasteiger partial charge in [0.2, 0.25) is 11.2 Å². The molecule has 5 nitrogen and oxygen atoms in total. The van der Waals surface area contributed by atoms with E-state index >= 15 is 0 Å². The van der Waals surface area contributed by atoms with Crippen LogP contribution in [0.25, 0.3) is 0 Å². The molecule has 2 aromatic rings. The van der Waals surface area contributed by atoms with E-state index in [-0.39, 0.29) is 17.1 Å². The SMILES string of the molecule is COc1nc(Cl)nc(NCCc2ccc(F)cc2)n1. The number of hydrogen-bond donors (Lipinski definition) is 1. The number of benzene rings is 1. The predicted molar refractivity (Wildman–Crippen MR) is 70.0 cm³/mol. The largest absolute Gasteiger partial charge is 0.467 e. The average molecular weight is 283 g/mol. The third-order valence-electron chi connectivity index (χ3n) is 2.38. The van der Waals surface area contributed by atoms with Crippen LogP contribution < -0.4 is 10.1 Å². The predicted octanol–water partition coefficient (Wildman–Crippen LogP) is 2.33. The Bertz CT molecular complexity index is 550. The van der Waals surface area contributed by atoms with Gasteiger partial charge in [0.05, 0.1) is 7.11 Å². The van der Waals surface area contributed by atoms with Crippen LogP contribution in [-0.4, -0.2) is 28.6 Å². The molecule has 100 valence electrons. The summed E-state index contributed by atoms with van der Waals surface area (Å²) in [6.45, 7) is 0.592. The number of nitrogens with one attached hydrogen (secondary N) is 1. The van der Waals surface area contributed by atoms with Gasteiger partial charge in [-0.05, 0) is 35.7 Å². The first-order chi connectivity index (χ1) is 9.17. The van der Waals surface area contributed by atoms with Crippen molar-refractivity contribution in [3.8, 4) is 6.01 Å². The molecule has 1 aromatic carbocycles. The summed E-state index contributed by atoms with van der Waals surface area (Å²) in [6, 6.07) is 6.48. The first-order valence-electron chi connectivity index (χ1n) is 5.61. The minimum absolute atomic E-state index is 0.0659. The molecule has 0 saturated heterocycles. The fourth-order valence-corrected chi connectivity index (χ4v) is 1.62. The van der Waals surface area contributed by atoms with Crippen molar-refractivity contribution in [1.29, 1.82) is 0 Å². The minimum atomic E-state index is -0.245. The van der Waals surface area contributed by atoms with Gasteiger partial charge in [-0.25, -0.2) is 4.39 Å². The number of aromatic nitrogens is 3. The molecule has 0 amide bonds. The lowest BCUT2D eigenvalue weighted by atomic mass is 10.1. The second kappa shape index (κ2) is 6.29. The molecule has 0 fully saturated rings. The molecule has 0 spiro atoms. The second-order valence-corrected chi connectivity index (χ2v) is 4.06. The third-order valence-corrected chi connectivity index (χ3v) is 2.55. The molecular weight excluding hydrogens is 271 g/mol. The van der Waals surface area contributed by atoms with Crippen molar-refractivity contribution in [1.82, 2.24) is 15.0 Å². The van der Waals surface area contributed by atoms with Crippen molar-refractivity contribution in [2.24, 2.45) is 0 Å². The number of ether oxygens (including phenoxy) is 1. The van der Waals surface area contributed by atoms with Gasteiger partial charge in [0.15, 0.2) is 0 Å². The number of nitrogens with zero attached hydrogens (tertiary/aromatic N) is 3. The van der Waals surface area contributed by atoms with Crippen LogP contribution in [-0.2, 0) is 6.42 Å². The maximum absolute atomic E-state index is 12.7. The molecule has 7 heteroatoms. The summed E-state index contributed by atoms with van der Waals surface area (Å²) in [4.78, 5) is 11.7. The van der Waals surface area contributed by atoms with Crippen molar-refractivity contribution < 1.29 is 9.13 Å². The van der Waals surface area contributed by atoms with Gasteiger partial charge in [0.25, 0.3) is 0 Å². The van der Waals surface area contributed by atoms with Crippen molar-refractivity contribution in [2.45, 2.75) is 6.42 Å². The summed E-state index contributed by atoms with van der Waals surface area (Å²) in [5.74, 6) is 0.102. The van der Waals surface area contributed by atoms with E-state index in [4.69, 9.17) is 16.3 Å². The molecule has 19 heavy (non-hydrogen) atoms.